The molecule has 0 aliphatic rings. The van der Waals surface area contributed by atoms with Gasteiger partial charge in [0, 0.05) is 17.5 Å². The van der Waals surface area contributed by atoms with Gasteiger partial charge in [0.2, 0.25) is 11.6 Å². The van der Waals surface area contributed by atoms with Crippen molar-refractivity contribution in [3.8, 4) is 11.6 Å². The number of rotatable bonds is 4. The third-order valence-corrected chi connectivity index (χ3v) is 3.06. The molecule has 0 saturated heterocycles. The second-order valence-electron chi connectivity index (χ2n) is 4.28. The molecule has 1 heterocycles. The molecule has 21 heavy (non-hydrogen) atoms. The molecule has 1 aromatic heterocycles. The maximum Gasteiger partial charge on any atom is 0.313 e. The maximum atomic E-state index is 11.0. The molecule has 1 aromatic carbocycles. The first-order valence-corrected chi connectivity index (χ1v) is 6.55. The van der Waals surface area contributed by atoms with Crippen molar-refractivity contribution < 1.29 is 9.66 Å². The van der Waals surface area contributed by atoms with Gasteiger partial charge in [-0.2, -0.15) is 4.98 Å². The largest absolute Gasteiger partial charge is 0.431 e. The van der Waals surface area contributed by atoms with Crippen LogP contribution in [0.1, 0.15) is 18.3 Å². The van der Waals surface area contributed by atoms with Crippen molar-refractivity contribution >= 4 is 23.1 Å². The molecule has 0 spiro atoms. The lowest BCUT2D eigenvalue weighted by molar-refractivity contribution is -0.385. The predicted molar refractivity (Wildman–Crippen MR) is 78.7 cm³/mol. The van der Waals surface area contributed by atoms with Crippen LogP contribution in [-0.2, 0) is 6.42 Å². The minimum Gasteiger partial charge on any atom is -0.431 e. The number of anilines is 1. The fourth-order valence-corrected chi connectivity index (χ4v) is 1.81. The van der Waals surface area contributed by atoms with Crippen molar-refractivity contribution in [2.75, 3.05) is 5.73 Å². The molecule has 0 radical (unpaired) electrons. The van der Waals surface area contributed by atoms with Crippen LogP contribution in [0, 0.1) is 17.0 Å². The molecule has 8 heteroatoms. The summed E-state index contributed by atoms with van der Waals surface area (Å²) in [6, 6.07) is 4.14. The number of aromatic nitrogens is 2. The van der Waals surface area contributed by atoms with Gasteiger partial charge in [-0.25, -0.2) is 4.98 Å². The molecular weight excluding hydrogens is 296 g/mol. The van der Waals surface area contributed by atoms with Crippen molar-refractivity contribution in [1.29, 1.82) is 0 Å². The number of hydrogen-bond acceptors (Lipinski definition) is 6. The standard InChI is InChI=1S/C13H13ClN4O3/c1-3-11-16-12(15)7(2)13(17-11)21-10-5-4-8(14)6-9(10)18(19)20/h4-6H,3H2,1-2H3,(H2,15,16,17). The zero-order valence-electron chi connectivity index (χ0n) is 11.5. The average Bonchev–Trinajstić information content (AvgIpc) is 2.45. The summed E-state index contributed by atoms with van der Waals surface area (Å²) < 4.78 is 5.55. The van der Waals surface area contributed by atoms with Gasteiger partial charge in [0.25, 0.3) is 0 Å². The lowest BCUT2D eigenvalue weighted by Gasteiger charge is -2.10. The van der Waals surface area contributed by atoms with E-state index >= 15 is 0 Å². The molecule has 7 nitrogen and oxygen atoms in total. The lowest BCUT2D eigenvalue weighted by Crippen LogP contribution is -2.05. The molecule has 110 valence electrons. The van der Waals surface area contributed by atoms with Crippen molar-refractivity contribution in [3.63, 3.8) is 0 Å². The number of nitrogens with zero attached hydrogens (tertiary/aromatic N) is 3. The molecule has 2 rings (SSSR count). The number of nitro groups is 1. The highest BCUT2D eigenvalue weighted by Crippen LogP contribution is 2.34. The Kier molecular flexibility index (Phi) is 4.23. The Hall–Kier alpha value is -2.41. The quantitative estimate of drug-likeness (QED) is 0.686. The Morgan fingerprint density at radius 1 is 1.43 bits per heavy atom. The van der Waals surface area contributed by atoms with E-state index in [1.54, 1.807) is 6.92 Å². The first-order chi connectivity index (χ1) is 9.92. The van der Waals surface area contributed by atoms with Crippen LogP contribution < -0.4 is 10.5 Å². The highest BCUT2D eigenvalue weighted by Gasteiger charge is 2.19. The summed E-state index contributed by atoms with van der Waals surface area (Å²) in [6.45, 7) is 3.56. The summed E-state index contributed by atoms with van der Waals surface area (Å²) in [6.07, 6.45) is 0.573. The number of ether oxygens (including phenoxy) is 1. The van der Waals surface area contributed by atoms with Gasteiger partial charge < -0.3 is 10.5 Å². The van der Waals surface area contributed by atoms with Crippen LogP contribution in [0.2, 0.25) is 5.02 Å². The molecule has 0 aliphatic carbocycles. The third-order valence-electron chi connectivity index (χ3n) is 2.83. The van der Waals surface area contributed by atoms with Gasteiger partial charge >= 0.3 is 5.69 Å². The smallest absolute Gasteiger partial charge is 0.313 e. The van der Waals surface area contributed by atoms with Gasteiger partial charge in [0.1, 0.15) is 11.6 Å². The number of benzene rings is 1. The molecule has 0 bridgehead atoms. The molecule has 0 unspecified atom stereocenters. The first kappa shape index (κ1) is 15.0. The summed E-state index contributed by atoms with van der Waals surface area (Å²) in [5.41, 5.74) is 6.07. The van der Waals surface area contributed by atoms with Gasteiger partial charge in [-0.1, -0.05) is 18.5 Å². The van der Waals surface area contributed by atoms with Crippen molar-refractivity contribution in [3.05, 3.63) is 44.7 Å². The number of nitro benzene ring substituents is 1. The second-order valence-corrected chi connectivity index (χ2v) is 4.72. The minimum atomic E-state index is -0.568. The van der Waals surface area contributed by atoms with E-state index in [0.717, 1.165) is 0 Å². The predicted octanol–water partition coefficient (Wildman–Crippen LogP) is 3.28. The number of halogens is 1. The molecule has 2 aromatic rings. The number of hydrogen-bond donors (Lipinski definition) is 1. The highest BCUT2D eigenvalue weighted by molar-refractivity contribution is 6.30. The molecule has 0 fully saturated rings. The Morgan fingerprint density at radius 3 is 2.76 bits per heavy atom. The van der Waals surface area contributed by atoms with Crippen molar-refractivity contribution in [2.45, 2.75) is 20.3 Å². The van der Waals surface area contributed by atoms with Crippen molar-refractivity contribution in [1.82, 2.24) is 9.97 Å². The van der Waals surface area contributed by atoms with E-state index in [9.17, 15) is 10.1 Å². The summed E-state index contributed by atoms with van der Waals surface area (Å²) in [5, 5.41) is 11.3. The number of aryl methyl sites for hydroxylation is 1. The molecule has 0 saturated carbocycles. The van der Waals surface area contributed by atoms with Crippen LogP contribution >= 0.6 is 11.6 Å². The zero-order valence-corrected chi connectivity index (χ0v) is 12.2. The molecule has 2 N–H and O–H groups in total. The Bertz CT molecular complexity index is 706. The van der Waals surface area contributed by atoms with Gasteiger partial charge in [0.05, 0.1) is 10.5 Å². The van der Waals surface area contributed by atoms with E-state index in [2.05, 4.69) is 9.97 Å². The minimum absolute atomic E-state index is 0.0488. The van der Waals surface area contributed by atoms with E-state index in [-0.39, 0.29) is 28.2 Å². The summed E-state index contributed by atoms with van der Waals surface area (Å²) in [5.74, 6) is 1.04. The summed E-state index contributed by atoms with van der Waals surface area (Å²) >= 11 is 5.76. The van der Waals surface area contributed by atoms with Crippen LogP contribution in [-0.4, -0.2) is 14.9 Å². The molecular formula is C13H13ClN4O3. The van der Waals surface area contributed by atoms with Gasteiger partial charge in [0.15, 0.2) is 0 Å². The first-order valence-electron chi connectivity index (χ1n) is 6.17. The molecule has 0 aliphatic heterocycles. The molecule has 0 amide bonds. The Labute approximate surface area is 125 Å². The monoisotopic (exact) mass is 308 g/mol. The van der Waals surface area contributed by atoms with Crippen LogP contribution in [0.4, 0.5) is 11.5 Å². The Morgan fingerprint density at radius 2 is 2.14 bits per heavy atom. The van der Waals surface area contributed by atoms with Gasteiger partial charge in [-0.05, 0) is 19.1 Å². The number of nitrogen functional groups attached to an aromatic ring is 1. The normalized spacial score (nSPS) is 10.4. The van der Waals surface area contributed by atoms with E-state index in [1.807, 2.05) is 6.92 Å². The summed E-state index contributed by atoms with van der Waals surface area (Å²) in [7, 11) is 0. The van der Waals surface area contributed by atoms with Crippen LogP contribution in [0.15, 0.2) is 18.2 Å². The maximum absolute atomic E-state index is 11.0. The van der Waals surface area contributed by atoms with Crippen LogP contribution in [0.25, 0.3) is 0 Å². The average molecular weight is 309 g/mol. The van der Waals surface area contributed by atoms with Crippen molar-refractivity contribution in [2.24, 2.45) is 0 Å². The fourth-order valence-electron chi connectivity index (χ4n) is 1.64. The van der Waals surface area contributed by atoms with Gasteiger partial charge in [-0.15, -0.1) is 0 Å². The summed E-state index contributed by atoms with van der Waals surface area (Å²) in [4.78, 5) is 18.8. The zero-order chi connectivity index (χ0) is 15.6. The highest BCUT2D eigenvalue weighted by atomic mass is 35.5. The van der Waals surface area contributed by atoms with E-state index < -0.39 is 4.92 Å². The van der Waals surface area contributed by atoms with Gasteiger partial charge in [-0.3, -0.25) is 10.1 Å². The third kappa shape index (κ3) is 3.19. The fraction of sp³-hybridized carbons (Fsp3) is 0.231. The SMILES string of the molecule is CCc1nc(N)c(C)c(Oc2ccc(Cl)cc2[N+](=O)[O-])n1. The molecule has 0 atom stereocenters. The van der Waals surface area contributed by atoms with Crippen LogP contribution in [0.5, 0.6) is 11.6 Å². The van der Waals surface area contributed by atoms with E-state index in [4.69, 9.17) is 22.1 Å². The number of nitrogens with two attached hydrogens (primary N) is 1. The second kappa shape index (κ2) is 5.92. The Balaban J connectivity index is 2.48. The van der Waals surface area contributed by atoms with E-state index in [0.29, 0.717) is 17.8 Å². The van der Waals surface area contributed by atoms with Crippen LogP contribution in [0.3, 0.4) is 0 Å². The topological polar surface area (TPSA) is 104 Å². The van der Waals surface area contributed by atoms with E-state index in [1.165, 1.54) is 18.2 Å². The lowest BCUT2D eigenvalue weighted by atomic mass is 10.3.